The Bertz CT molecular complexity index is 107. The number of hydrogen-bond acceptors (Lipinski definition) is 2. The van der Waals surface area contributed by atoms with Crippen molar-refractivity contribution in [1.29, 1.82) is 0 Å². The Labute approximate surface area is 55.5 Å². The van der Waals surface area contributed by atoms with E-state index in [9.17, 15) is 4.79 Å². The van der Waals surface area contributed by atoms with E-state index in [-0.39, 0.29) is 11.9 Å². The lowest BCUT2D eigenvalue weighted by Crippen LogP contribution is -2.11. The van der Waals surface area contributed by atoms with Gasteiger partial charge in [0.2, 0.25) is 0 Å². The Morgan fingerprint density at radius 3 is 2.78 bits per heavy atom. The minimum absolute atomic E-state index is 0.176. The number of rotatable bonds is 3. The molecule has 0 aliphatic heterocycles. The number of carbonyl (C=O) groups is 1. The average molecular weight is 128 g/mol. The van der Waals surface area contributed by atoms with Gasteiger partial charge in [0.25, 0.3) is 0 Å². The summed E-state index contributed by atoms with van der Waals surface area (Å²) in [6, 6.07) is 0. The van der Waals surface area contributed by atoms with Crippen LogP contribution < -0.4 is 0 Å². The normalized spacial score (nSPS) is 12.2. The molecule has 0 aromatic heterocycles. The Kier molecular flexibility index (Phi) is 3.76. The standard InChI is InChI=1S/C7H12O2/c1-4-6(3)7(8)9-5-2/h4,6H,1,5H2,2-3H3. The molecule has 0 amide bonds. The van der Waals surface area contributed by atoms with Crippen LogP contribution in [-0.2, 0) is 9.53 Å². The first-order valence-electron chi connectivity index (χ1n) is 3.01. The van der Waals surface area contributed by atoms with Gasteiger partial charge in [-0.1, -0.05) is 6.08 Å². The van der Waals surface area contributed by atoms with Crippen molar-refractivity contribution in [2.75, 3.05) is 6.61 Å². The van der Waals surface area contributed by atoms with Crippen molar-refractivity contribution in [3.05, 3.63) is 12.7 Å². The van der Waals surface area contributed by atoms with Crippen LogP contribution in [0.1, 0.15) is 13.8 Å². The Balaban J connectivity index is 3.58. The highest BCUT2D eigenvalue weighted by atomic mass is 16.5. The zero-order valence-corrected chi connectivity index (χ0v) is 5.89. The van der Waals surface area contributed by atoms with E-state index < -0.39 is 0 Å². The molecule has 0 rings (SSSR count). The molecule has 0 saturated heterocycles. The second-order valence-electron chi connectivity index (χ2n) is 1.78. The molecule has 0 saturated carbocycles. The average Bonchev–Trinajstić information content (AvgIpc) is 1.87. The van der Waals surface area contributed by atoms with E-state index in [0.717, 1.165) is 0 Å². The lowest BCUT2D eigenvalue weighted by atomic mass is 10.2. The van der Waals surface area contributed by atoms with Crippen molar-refractivity contribution in [3.8, 4) is 0 Å². The zero-order valence-electron chi connectivity index (χ0n) is 5.89. The second-order valence-corrected chi connectivity index (χ2v) is 1.78. The maximum atomic E-state index is 10.7. The molecule has 1 unspecified atom stereocenters. The van der Waals surface area contributed by atoms with Crippen LogP contribution in [0.25, 0.3) is 0 Å². The second kappa shape index (κ2) is 4.13. The third-order valence-corrected chi connectivity index (χ3v) is 1.01. The van der Waals surface area contributed by atoms with Crippen molar-refractivity contribution in [2.45, 2.75) is 13.8 Å². The maximum absolute atomic E-state index is 10.7. The van der Waals surface area contributed by atoms with E-state index in [1.807, 2.05) is 0 Å². The summed E-state index contributed by atoms with van der Waals surface area (Å²) < 4.78 is 4.68. The van der Waals surface area contributed by atoms with Crippen LogP contribution in [-0.4, -0.2) is 12.6 Å². The molecule has 0 radical (unpaired) electrons. The summed E-state index contributed by atoms with van der Waals surface area (Å²) in [5, 5.41) is 0. The fourth-order valence-electron chi connectivity index (χ4n) is 0.370. The summed E-state index contributed by atoms with van der Waals surface area (Å²) in [5.74, 6) is -0.377. The zero-order chi connectivity index (χ0) is 7.28. The van der Waals surface area contributed by atoms with E-state index in [2.05, 4.69) is 11.3 Å². The first-order chi connectivity index (χ1) is 4.22. The van der Waals surface area contributed by atoms with Gasteiger partial charge in [-0.2, -0.15) is 0 Å². The molecule has 0 spiro atoms. The van der Waals surface area contributed by atoms with Gasteiger partial charge in [0.15, 0.2) is 0 Å². The molecule has 0 N–H and O–H groups in total. The van der Waals surface area contributed by atoms with Crippen molar-refractivity contribution in [2.24, 2.45) is 5.92 Å². The molecule has 2 nitrogen and oxygen atoms in total. The summed E-state index contributed by atoms with van der Waals surface area (Å²) in [6.45, 7) is 7.44. The number of esters is 1. The van der Waals surface area contributed by atoms with E-state index in [0.29, 0.717) is 6.61 Å². The summed E-state index contributed by atoms with van der Waals surface area (Å²) in [4.78, 5) is 10.7. The van der Waals surface area contributed by atoms with E-state index >= 15 is 0 Å². The molecule has 0 aromatic carbocycles. The van der Waals surface area contributed by atoms with Crippen LogP contribution in [0.3, 0.4) is 0 Å². The van der Waals surface area contributed by atoms with Crippen molar-refractivity contribution < 1.29 is 9.53 Å². The maximum Gasteiger partial charge on any atom is 0.312 e. The van der Waals surface area contributed by atoms with Crippen LogP contribution in [0.15, 0.2) is 12.7 Å². The third kappa shape index (κ3) is 2.90. The highest BCUT2D eigenvalue weighted by molar-refractivity contribution is 5.73. The lowest BCUT2D eigenvalue weighted by molar-refractivity contribution is -0.145. The molecule has 0 bridgehead atoms. The summed E-state index contributed by atoms with van der Waals surface area (Å²) >= 11 is 0. The van der Waals surface area contributed by atoms with Gasteiger partial charge in [-0.25, -0.2) is 0 Å². The van der Waals surface area contributed by atoms with Gasteiger partial charge >= 0.3 is 5.97 Å². The molecule has 52 valence electrons. The molecule has 1 atom stereocenters. The largest absolute Gasteiger partial charge is 0.466 e. The fourth-order valence-corrected chi connectivity index (χ4v) is 0.370. The molecule has 0 aliphatic carbocycles. The number of carbonyl (C=O) groups excluding carboxylic acids is 1. The molecular weight excluding hydrogens is 116 g/mol. The quantitative estimate of drug-likeness (QED) is 0.424. The van der Waals surface area contributed by atoms with E-state index in [4.69, 9.17) is 0 Å². The van der Waals surface area contributed by atoms with Crippen LogP contribution in [0.4, 0.5) is 0 Å². The SMILES string of the molecule is C=CC(C)C(=O)OCC. The van der Waals surface area contributed by atoms with Gasteiger partial charge in [0.05, 0.1) is 12.5 Å². The highest BCUT2D eigenvalue weighted by Gasteiger charge is 2.07. The molecule has 0 aliphatic rings. The molecule has 2 heteroatoms. The minimum atomic E-state index is -0.201. The van der Waals surface area contributed by atoms with Crippen LogP contribution in [0, 0.1) is 5.92 Å². The van der Waals surface area contributed by atoms with Gasteiger partial charge in [-0.05, 0) is 13.8 Å². The van der Waals surface area contributed by atoms with Crippen molar-refractivity contribution in [1.82, 2.24) is 0 Å². The lowest BCUT2D eigenvalue weighted by Gasteiger charge is -2.03. The predicted molar refractivity (Wildman–Crippen MR) is 36.0 cm³/mol. The van der Waals surface area contributed by atoms with Gasteiger partial charge in [0, 0.05) is 0 Å². The first-order valence-corrected chi connectivity index (χ1v) is 3.01. The topological polar surface area (TPSA) is 26.3 Å². The summed E-state index contributed by atoms with van der Waals surface area (Å²) in [6.07, 6.45) is 1.57. The summed E-state index contributed by atoms with van der Waals surface area (Å²) in [7, 11) is 0. The molecule has 9 heavy (non-hydrogen) atoms. The monoisotopic (exact) mass is 128 g/mol. The molecule has 0 aromatic rings. The summed E-state index contributed by atoms with van der Waals surface area (Å²) in [5.41, 5.74) is 0. The fraction of sp³-hybridized carbons (Fsp3) is 0.571. The van der Waals surface area contributed by atoms with Gasteiger partial charge in [-0.15, -0.1) is 6.58 Å². The Hall–Kier alpha value is -0.790. The molecule has 0 fully saturated rings. The third-order valence-electron chi connectivity index (χ3n) is 1.01. The van der Waals surface area contributed by atoms with Crippen LogP contribution >= 0.6 is 0 Å². The first kappa shape index (κ1) is 8.21. The van der Waals surface area contributed by atoms with Gasteiger partial charge in [0.1, 0.15) is 0 Å². The minimum Gasteiger partial charge on any atom is -0.466 e. The Morgan fingerprint density at radius 1 is 1.89 bits per heavy atom. The van der Waals surface area contributed by atoms with E-state index in [1.54, 1.807) is 19.9 Å². The number of ether oxygens (including phenoxy) is 1. The molecule has 0 heterocycles. The molecular formula is C7H12O2. The van der Waals surface area contributed by atoms with Gasteiger partial charge in [-0.3, -0.25) is 4.79 Å². The van der Waals surface area contributed by atoms with Crippen molar-refractivity contribution >= 4 is 5.97 Å². The van der Waals surface area contributed by atoms with Gasteiger partial charge < -0.3 is 4.74 Å². The highest BCUT2D eigenvalue weighted by Crippen LogP contribution is 1.97. The smallest absolute Gasteiger partial charge is 0.312 e. The van der Waals surface area contributed by atoms with Crippen LogP contribution in [0.5, 0.6) is 0 Å². The van der Waals surface area contributed by atoms with Crippen LogP contribution in [0.2, 0.25) is 0 Å². The number of hydrogen-bond donors (Lipinski definition) is 0. The van der Waals surface area contributed by atoms with E-state index in [1.165, 1.54) is 0 Å². The Morgan fingerprint density at radius 2 is 2.44 bits per heavy atom. The predicted octanol–water partition coefficient (Wildman–Crippen LogP) is 1.37. The van der Waals surface area contributed by atoms with Crippen molar-refractivity contribution in [3.63, 3.8) is 0 Å².